The van der Waals surface area contributed by atoms with Gasteiger partial charge in [0.05, 0.1) is 0 Å². The van der Waals surface area contributed by atoms with Crippen molar-refractivity contribution in [1.82, 2.24) is 0 Å². The van der Waals surface area contributed by atoms with Crippen molar-refractivity contribution >= 4 is 17.9 Å². The Bertz CT molecular complexity index is 1070. The van der Waals surface area contributed by atoms with Crippen LogP contribution in [0.4, 0.5) is 0 Å². The van der Waals surface area contributed by atoms with E-state index in [2.05, 4.69) is 45.1 Å². The van der Waals surface area contributed by atoms with Crippen LogP contribution in [-0.4, -0.2) is 37.2 Å². The molecule has 0 fully saturated rings. The lowest BCUT2D eigenvalue weighted by Crippen LogP contribution is -2.30. The smallest absolute Gasteiger partial charge is 0.306 e. The number of hydrogen-bond acceptors (Lipinski definition) is 6. The van der Waals surface area contributed by atoms with Crippen LogP contribution in [0.25, 0.3) is 0 Å². The predicted molar refractivity (Wildman–Crippen MR) is 284 cm³/mol. The molecule has 0 aliphatic heterocycles. The molecule has 0 aliphatic rings. The van der Waals surface area contributed by atoms with Crippen molar-refractivity contribution in [1.29, 1.82) is 0 Å². The molecule has 1 unspecified atom stereocenters. The Balaban J connectivity index is 4.28. The SMILES string of the molecule is CCCCCCC/C=C\CCCCCCCC(=O)OC(COC(=O)CCCCCCCCCCC/C=C\CCCCCCCCCC)COC(=O)CCCCCCCCCCCCCCC. The summed E-state index contributed by atoms with van der Waals surface area (Å²) in [5.41, 5.74) is 0. The van der Waals surface area contributed by atoms with Crippen LogP contribution in [0.3, 0.4) is 0 Å². The maximum Gasteiger partial charge on any atom is 0.306 e. The summed E-state index contributed by atoms with van der Waals surface area (Å²) in [6.45, 7) is 6.66. The summed E-state index contributed by atoms with van der Waals surface area (Å²) >= 11 is 0. The highest BCUT2D eigenvalue weighted by Crippen LogP contribution is 2.16. The topological polar surface area (TPSA) is 78.9 Å². The van der Waals surface area contributed by atoms with Crippen molar-refractivity contribution in [2.24, 2.45) is 0 Å². The van der Waals surface area contributed by atoms with Gasteiger partial charge in [-0.05, 0) is 70.6 Å². The molecule has 0 aliphatic carbocycles. The Labute approximate surface area is 411 Å². The molecule has 0 spiro atoms. The average Bonchev–Trinajstić information content (AvgIpc) is 3.31. The first-order chi connectivity index (χ1) is 32.5. The zero-order chi connectivity index (χ0) is 47.9. The van der Waals surface area contributed by atoms with E-state index in [0.717, 1.165) is 64.2 Å². The van der Waals surface area contributed by atoms with E-state index >= 15 is 0 Å². The van der Waals surface area contributed by atoms with Gasteiger partial charge >= 0.3 is 17.9 Å². The fraction of sp³-hybridized carbons (Fsp3) is 0.883. The van der Waals surface area contributed by atoms with Gasteiger partial charge in [-0.2, -0.15) is 0 Å². The van der Waals surface area contributed by atoms with Gasteiger partial charge in [0.15, 0.2) is 6.10 Å². The van der Waals surface area contributed by atoms with Crippen LogP contribution >= 0.6 is 0 Å². The van der Waals surface area contributed by atoms with Crippen molar-refractivity contribution in [2.75, 3.05) is 13.2 Å². The Kier molecular flexibility index (Phi) is 53.7. The quantitative estimate of drug-likeness (QED) is 0.0262. The summed E-state index contributed by atoms with van der Waals surface area (Å²) in [6, 6.07) is 0. The van der Waals surface area contributed by atoms with Crippen molar-refractivity contribution < 1.29 is 28.6 Å². The summed E-state index contributed by atoms with van der Waals surface area (Å²) in [4.78, 5) is 38.1. The lowest BCUT2D eigenvalue weighted by Gasteiger charge is -2.18. The van der Waals surface area contributed by atoms with Gasteiger partial charge < -0.3 is 14.2 Å². The van der Waals surface area contributed by atoms with Gasteiger partial charge in [0.25, 0.3) is 0 Å². The van der Waals surface area contributed by atoms with E-state index in [0.29, 0.717) is 19.3 Å². The van der Waals surface area contributed by atoms with Crippen LogP contribution in [0.2, 0.25) is 0 Å². The van der Waals surface area contributed by atoms with Crippen molar-refractivity contribution in [3.8, 4) is 0 Å². The minimum Gasteiger partial charge on any atom is -0.462 e. The highest BCUT2D eigenvalue weighted by Gasteiger charge is 2.19. The molecule has 66 heavy (non-hydrogen) atoms. The van der Waals surface area contributed by atoms with Crippen LogP contribution in [0.5, 0.6) is 0 Å². The molecular weight excluding hydrogens is 817 g/mol. The first-order valence-corrected chi connectivity index (χ1v) is 29.3. The molecule has 0 saturated heterocycles. The highest BCUT2D eigenvalue weighted by molar-refractivity contribution is 5.71. The molecule has 1 atom stereocenters. The Morgan fingerprint density at radius 1 is 0.288 bits per heavy atom. The van der Waals surface area contributed by atoms with E-state index in [9.17, 15) is 14.4 Å². The monoisotopic (exact) mass is 929 g/mol. The van der Waals surface area contributed by atoms with E-state index in [-0.39, 0.29) is 31.1 Å². The number of carbonyl (C=O) groups is 3. The number of carbonyl (C=O) groups excluding carboxylic acids is 3. The normalized spacial score (nSPS) is 12.1. The van der Waals surface area contributed by atoms with Crippen molar-refractivity contribution in [3.63, 3.8) is 0 Å². The maximum atomic E-state index is 12.8. The third kappa shape index (κ3) is 52.9. The van der Waals surface area contributed by atoms with Gasteiger partial charge in [0.1, 0.15) is 13.2 Å². The fourth-order valence-electron chi connectivity index (χ4n) is 8.73. The maximum absolute atomic E-state index is 12.8. The number of esters is 3. The molecule has 0 heterocycles. The van der Waals surface area contributed by atoms with Gasteiger partial charge in [-0.1, -0.05) is 257 Å². The molecular formula is C60H112O6. The van der Waals surface area contributed by atoms with Crippen LogP contribution < -0.4 is 0 Å². The average molecular weight is 930 g/mol. The minimum absolute atomic E-state index is 0.0708. The standard InChI is InChI=1S/C60H112O6/c1-4-7-10-13-16-19-22-25-27-28-29-30-31-32-33-36-38-41-44-47-50-53-59(62)65-56-57(55-64-58(61)52-49-46-43-40-37-34-24-21-18-15-12-9-6-3)66-60(63)54-51-48-45-42-39-35-26-23-20-17-14-11-8-5-2/h23,26,28-29,57H,4-22,24-25,27,30-56H2,1-3H3/b26-23-,29-28-. The zero-order valence-electron chi connectivity index (χ0n) is 44.5. The second-order valence-corrected chi connectivity index (χ2v) is 19.9. The third-order valence-corrected chi connectivity index (χ3v) is 13.2. The summed E-state index contributed by atoms with van der Waals surface area (Å²) < 4.78 is 16.9. The van der Waals surface area contributed by atoms with Crippen molar-refractivity contribution in [3.05, 3.63) is 24.3 Å². The first-order valence-electron chi connectivity index (χ1n) is 29.3. The van der Waals surface area contributed by atoms with Gasteiger partial charge in [-0.25, -0.2) is 0 Å². The molecule has 0 aromatic rings. The van der Waals surface area contributed by atoms with Crippen LogP contribution in [-0.2, 0) is 28.6 Å². The first kappa shape index (κ1) is 63.9. The fourth-order valence-corrected chi connectivity index (χ4v) is 8.73. The molecule has 0 bridgehead atoms. The molecule has 388 valence electrons. The molecule has 6 heteroatoms. The van der Waals surface area contributed by atoms with Crippen LogP contribution in [0, 0.1) is 0 Å². The number of allylic oxidation sites excluding steroid dienone is 4. The second-order valence-electron chi connectivity index (χ2n) is 19.9. The molecule has 6 nitrogen and oxygen atoms in total. The van der Waals surface area contributed by atoms with E-state index in [1.807, 2.05) is 0 Å². The molecule has 0 amide bonds. The molecule has 0 saturated carbocycles. The molecule has 0 rings (SSSR count). The van der Waals surface area contributed by atoms with Gasteiger partial charge in [0.2, 0.25) is 0 Å². The summed E-state index contributed by atoms with van der Waals surface area (Å²) in [5.74, 6) is -0.862. The van der Waals surface area contributed by atoms with Crippen LogP contribution in [0.1, 0.15) is 323 Å². The summed E-state index contributed by atoms with van der Waals surface area (Å²) in [5, 5.41) is 0. The predicted octanol–water partition coefficient (Wildman–Crippen LogP) is 19.5. The number of rotatable bonds is 54. The zero-order valence-corrected chi connectivity index (χ0v) is 44.5. The number of unbranched alkanes of at least 4 members (excludes halogenated alkanes) is 39. The number of hydrogen-bond donors (Lipinski definition) is 0. The molecule has 0 N–H and O–H groups in total. The van der Waals surface area contributed by atoms with Gasteiger partial charge in [-0.15, -0.1) is 0 Å². The largest absolute Gasteiger partial charge is 0.462 e. The summed E-state index contributed by atoms with van der Waals surface area (Å²) in [7, 11) is 0. The van der Waals surface area contributed by atoms with E-state index < -0.39 is 6.10 Å². The van der Waals surface area contributed by atoms with Gasteiger partial charge in [-0.3, -0.25) is 14.4 Å². The van der Waals surface area contributed by atoms with E-state index in [4.69, 9.17) is 14.2 Å². The number of ether oxygens (including phenoxy) is 3. The molecule has 0 radical (unpaired) electrons. The Hall–Kier alpha value is -2.11. The second kappa shape index (κ2) is 55.5. The minimum atomic E-state index is -0.772. The summed E-state index contributed by atoms with van der Waals surface area (Å²) in [6.07, 6.45) is 64.5. The van der Waals surface area contributed by atoms with E-state index in [1.165, 1.54) is 218 Å². The lowest BCUT2D eigenvalue weighted by atomic mass is 10.0. The van der Waals surface area contributed by atoms with Crippen LogP contribution in [0.15, 0.2) is 24.3 Å². The van der Waals surface area contributed by atoms with Gasteiger partial charge in [0, 0.05) is 19.3 Å². The third-order valence-electron chi connectivity index (χ3n) is 13.2. The van der Waals surface area contributed by atoms with E-state index in [1.54, 1.807) is 0 Å². The molecule has 0 aromatic heterocycles. The Morgan fingerprint density at radius 3 is 0.758 bits per heavy atom. The van der Waals surface area contributed by atoms with Crippen molar-refractivity contribution in [2.45, 2.75) is 329 Å². The molecule has 0 aromatic carbocycles. The highest BCUT2D eigenvalue weighted by atomic mass is 16.6. The Morgan fingerprint density at radius 2 is 0.500 bits per heavy atom. The lowest BCUT2D eigenvalue weighted by molar-refractivity contribution is -0.167.